The normalized spacial score (nSPS) is 12.4. The van der Waals surface area contributed by atoms with Crippen molar-refractivity contribution in [3.63, 3.8) is 0 Å². The molecule has 2 N–H and O–H groups in total. The maximum atomic E-state index is 12.9. The van der Waals surface area contributed by atoms with E-state index in [1.54, 1.807) is 13.2 Å². The smallest absolute Gasteiger partial charge is 0.416 e. The predicted octanol–water partition coefficient (Wildman–Crippen LogP) is 4.94. The van der Waals surface area contributed by atoms with Crippen molar-refractivity contribution < 1.29 is 17.9 Å². The molecule has 0 aliphatic heterocycles. The summed E-state index contributed by atoms with van der Waals surface area (Å²) in [6, 6.07) is 10.8. The molecule has 0 aliphatic rings. The van der Waals surface area contributed by atoms with Crippen LogP contribution in [0.5, 0.6) is 5.75 Å². The molecular weight excluding hydrogens is 445 g/mol. The lowest BCUT2D eigenvalue weighted by atomic mass is 10.1. The summed E-state index contributed by atoms with van der Waals surface area (Å²) in [6.07, 6.45) is -3.42. The number of nitrogens with zero attached hydrogens (tertiary/aromatic N) is 5. The molecule has 34 heavy (non-hydrogen) atoms. The molecule has 2 heterocycles. The fraction of sp³-hybridized carbons (Fsp3) is 0.375. The van der Waals surface area contributed by atoms with Crippen LogP contribution in [-0.2, 0) is 19.3 Å². The Morgan fingerprint density at radius 3 is 2.44 bits per heavy atom. The zero-order valence-corrected chi connectivity index (χ0v) is 19.3. The third kappa shape index (κ3) is 5.06. The lowest BCUT2D eigenvalue weighted by Crippen LogP contribution is -2.25. The van der Waals surface area contributed by atoms with Gasteiger partial charge in [0.1, 0.15) is 11.3 Å². The van der Waals surface area contributed by atoms with Crippen LogP contribution in [0, 0.1) is 5.92 Å². The Hall–Kier alpha value is -3.40. The summed E-state index contributed by atoms with van der Waals surface area (Å²) < 4.78 is 45.7. The molecule has 0 amide bonds. The van der Waals surface area contributed by atoms with E-state index in [0.29, 0.717) is 41.7 Å². The average molecular weight is 473 g/mol. The number of benzene rings is 2. The summed E-state index contributed by atoms with van der Waals surface area (Å²) in [5.74, 6) is 1.82. The Morgan fingerprint density at radius 2 is 1.79 bits per heavy atom. The van der Waals surface area contributed by atoms with Gasteiger partial charge in [0.15, 0.2) is 11.5 Å². The first-order chi connectivity index (χ1) is 16.2. The first kappa shape index (κ1) is 23.7. The average Bonchev–Trinajstić information content (AvgIpc) is 3.21. The Labute approximate surface area is 195 Å². The molecule has 0 radical (unpaired) electrons. The highest BCUT2D eigenvalue weighted by Gasteiger charge is 2.30. The van der Waals surface area contributed by atoms with Crippen molar-refractivity contribution >= 4 is 22.5 Å². The molecule has 4 rings (SSSR count). The summed E-state index contributed by atoms with van der Waals surface area (Å²) in [6.45, 7) is 5.90. The van der Waals surface area contributed by atoms with Crippen molar-refractivity contribution in [2.75, 3.05) is 19.4 Å². The summed E-state index contributed by atoms with van der Waals surface area (Å²) in [4.78, 5) is 11.3. The number of ether oxygens (including phenoxy) is 1. The van der Waals surface area contributed by atoms with Crippen molar-refractivity contribution in [2.45, 2.75) is 39.5 Å². The third-order valence-corrected chi connectivity index (χ3v) is 5.63. The zero-order chi connectivity index (χ0) is 24.5. The van der Waals surface area contributed by atoms with Crippen molar-refractivity contribution in [1.29, 1.82) is 0 Å². The number of hydrogen-bond acceptors (Lipinski definition) is 6. The van der Waals surface area contributed by atoms with E-state index in [0.717, 1.165) is 36.0 Å². The molecule has 4 aromatic rings. The quantitative estimate of drug-likeness (QED) is 0.391. The number of fused-ring (bicyclic) bond motifs is 3. The van der Waals surface area contributed by atoms with Gasteiger partial charge < -0.3 is 10.5 Å². The molecular formula is C24H27F3N6O. The van der Waals surface area contributed by atoms with Crippen LogP contribution >= 0.6 is 0 Å². The van der Waals surface area contributed by atoms with Crippen LogP contribution < -0.4 is 10.5 Å². The van der Waals surface area contributed by atoms with Crippen molar-refractivity contribution in [1.82, 2.24) is 24.5 Å². The zero-order valence-electron chi connectivity index (χ0n) is 19.3. The van der Waals surface area contributed by atoms with Crippen molar-refractivity contribution in [2.24, 2.45) is 5.92 Å². The maximum Gasteiger partial charge on any atom is 0.416 e. The molecule has 10 heteroatoms. The van der Waals surface area contributed by atoms with Gasteiger partial charge in [0.25, 0.3) is 0 Å². The second kappa shape index (κ2) is 9.46. The van der Waals surface area contributed by atoms with Crippen LogP contribution in [0.2, 0.25) is 0 Å². The highest BCUT2D eigenvalue weighted by molar-refractivity contribution is 5.95. The fourth-order valence-electron chi connectivity index (χ4n) is 3.81. The number of alkyl halides is 3. The van der Waals surface area contributed by atoms with Gasteiger partial charge >= 0.3 is 6.18 Å². The Balaban J connectivity index is 1.63. The minimum Gasteiger partial charge on any atom is -0.494 e. The van der Waals surface area contributed by atoms with E-state index < -0.39 is 11.7 Å². The molecule has 0 spiro atoms. The van der Waals surface area contributed by atoms with E-state index in [1.165, 1.54) is 16.6 Å². The van der Waals surface area contributed by atoms with Crippen LogP contribution in [0.1, 0.15) is 37.2 Å². The SMILES string of the molecule is COc1cccc2c1nc(N)n1nc(CN(CCC(C)C)Cc3ccc(C(F)(F)F)cc3)nc21. The predicted molar refractivity (Wildman–Crippen MR) is 124 cm³/mol. The summed E-state index contributed by atoms with van der Waals surface area (Å²) in [5, 5.41) is 5.33. The highest BCUT2D eigenvalue weighted by Crippen LogP contribution is 2.30. The minimum absolute atomic E-state index is 0.196. The molecule has 0 saturated heterocycles. The minimum atomic E-state index is -4.35. The van der Waals surface area contributed by atoms with Crippen LogP contribution in [0.4, 0.5) is 19.1 Å². The van der Waals surface area contributed by atoms with Crippen LogP contribution in [0.15, 0.2) is 42.5 Å². The van der Waals surface area contributed by atoms with Gasteiger partial charge in [0, 0.05) is 11.9 Å². The number of anilines is 1. The molecule has 0 bridgehead atoms. The summed E-state index contributed by atoms with van der Waals surface area (Å²) >= 11 is 0. The molecule has 0 aliphatic carbocycles. The molecule has 180 valence electrons. The summed E-state index contributed by atoms with van der Waals surface area (Å²) in [5.41, 5.74) is 7.47. The number of hydrogen-bond donors (Lipinski definition) is 1. The molecule has 2 aromatic carbocycles. The Kier molecular flexibility index (Phi) is 6.60. The van der Waals surface area contributed by atoms with Gasteiger partial charge in [0.05, 0.1) is 19.2 Å². The van der Waals surface area contributed by atoms with E-state index in [9.17, 15) is 13.2 Å². The topological polar surface area (TPSA) is 81.6 Å². The number of aromatic nitrogens is 4. The second-order valence-electron chi connectivity index (χ2n) is 8.68. The fourth-order valence-corrected chi connectivity index (χ4v) is 3.81. The van der Waals surface area contributed by atoms with E-state index in [1.807, 2.05) is 12.1 Å². The number of nitrogens with two attached hydrogens (primary N) is 1. The maximum absolute atomic E-state index is 12.9. The van der Waals surface area contributed by atoms with Crippen LogP contribution in [0.25, 0.3) is 16.6 Å². The lowest BCUT2D eigenvalue weighted by molar-refractivity contribution is -0.137. The van der Waals surface area contributed by atoms with Gasteiger partial charge in [-0.25, -0.2) is 9.97 Å². The lowest BCUT2D eigenvalue weighted by Gasteiger charge is -2.22. The largest absolute Gasteiger partial charge is 0.494 e. The standard InChI is InChI=1S/C24H27F3N6O/c1-15(2)11-12-32(13-16-7-9-17(10-8-16)24(25,26)27)14-20-29-22-18-5-4-6-19(34-3)21(18)30-23(28)33(22)31-20/h4-10,15H,11-14H2,1-3H3,(H2,28,30). The van der Waals surface area contributed by atoms with Gasteiger partial charge in [-0.3, -0.25) is 4.90 Å². The van der Waals surface area contributed by atoms with Gasteiger partial charge in [-0.05, 0) is 48.7 Å². The van der Waals surface area contributed by atoms with Crippen molar-refractivity contribution in [3.8, 4) is 5.75 Å². The first-order valence-corrected chi connectivity index (χ1v) is 11.0. The molecule has 0 atom stereocenters. The van der Waals surface area contributed by atoms with E-state index in [2.05, 4.69) is 28.8 Å². The van der Waals surface area contributed by atoms with E-state index in [4.69, 9.17) is 15.5 Å². The molecule has 0 fully saturated rings. The number of halogens is 3. The second-order valence-corrected chi connectivity index (χ2v) is 8.68. The Morgan fingerprint density at radius 1 is 1.06 bits per heavy atom. The van der Waals surface area contributed by atoms with E-state index in [-0.39, 0.29) is 5.95 Å². The highest BCUT2D eigenvalue weighted by atomic mass is 19.4. The van der Waals surface area contributed by atoms with Crippen LogP contribution in [0.3, 0.4) is 0 Å². The van der Waals surface area contributed by atoms with Gasteiger partial charge in [-0.2, -0.15) is 17.7 Å². The molecule has 7 nitrogen and oxygen atoms in total. The number of para-hydroxylation sites is 1. The number of rotatable bonds is 8. The number of nitrogen functional groups attached to an aromatic ring is 1. The molecule has 0 unspecified atom stereocenters. The summed E-state index contributed by atoms with van der Waals surface area (Å²) in [7, 11) is 1.57. The molecule has 0 saturated carbocycles. The number of methoxy groups -OCH3 is 1. The monoisotopic (exact) mass is 472 g/mol. The first-order valence-electron chi connectivity index (χ1n) is 11.0. The van der Waals surface area contributed by atoms with Crippen LogP contribution in [-0.4, -0.2) is 38.1 Å². The van der Waals surface area contributed by atoms with E-state index >= 15 is 0 Å². The van der Waals surface area contributed by atoms with Gasteiger partial charge in [0.2, 0.25) is 5.95 Å². The third-order valence-electron chi connectivity index (χ3n) is 5.63. The van der Waals surface area contributed by atoms with Gasteiger partial charge in [-0.1, -0.05) is 32.0 Å². The Bertz CT molecular complexity index is 1280. The van der Waals surface area contributed by atoms with Crippen molar-refractivity contribution in [3.05, 3.63) is 59.4 Å². The molecule has 2 aromatic heterocycles. The van der Waals surface area contributed by atoms with Gasteiger partial charge in [-0.15, -0.1) is 5.10 Å².